The monoisotopic (exact) mass is 955 g/mol. The normalized spacial score (nSPS) is 13.8. The van der Waals surface area contributed by atoms with Crippen LogP contribution in [0.1, 0.15) is 73.9 Å². The molecule has 0 bridgehead atoms. The fourth-order valence-corrected chi connectivity index (χ4v) is 8.96. The van der Waals surface area contributed by atoms with Crippen LogP contribution in [0.25, 0.3) is 22.2 Å². The maximum absolute atomic E-state index is 12.4. The SMILES string of the molecule is CNCCc1ccc(N2CCN(C(=O)/C=C/CN(C)C)CC2=O)s1.CNCCn1ccc(-c2cc(Cl)c(Cl)c3[nH]c4c(c23)CN(C(=O)CO)CC4)n1.O=CCCCCCCCCCC=O. The first-order valence-corrected chi connectivity index (χ1v) is 24.1. The molecule has 2 aliphatic rings. The van der Waals surface area contributed by atoms with Gasteiger partial charge in [0, 0.05) is 97.9 Å². The number of halogens is 2. The van der Waals surface area contributed by atoms with E-state index in [0.29, 0.717) is 62.0 Å². The van der Waals surface area contributed by atoms with E-state index in [4.69, 9.17) is 23.2 Å². The smallest absolute Gasteiger partial charge is 0.248 e. The number of H-pyrrole nitrogens is 1. The van der Waals surface area contributed by atoms with Crippen molar-refractivity contribution in [1.29, 1.82) is 0 Å². The highest BCUT2D eigenvalue weighted by atomic mass is 35.5. The molecule has 1 saturated heterocycles. The molecule has 65 heavy (non-hydrogen) atoms. The van der Waals surface area contributed by atoms with Crippen molar-refractivity contribution < 1.29 is 29.1 Å². The molecule has 2 aliphatic heterocycles. The van der Waals surface area contributed by atoms with Gasteiger partial charge in [0.25, 0.3) is 0 Å². The molecular formula is C47H67Cl2N9O6S. The van der Waals surface area contributed by atoms with Crippen LogP contribution in [-0.2, 0) is 49.9 Å². The Morgan fingerprint density at radius 2 is 1.62 bits per heavy atom. The molecule has 356 valence electrons. The Hall–Kier alpha value is -4.42. The second kappa shape index (κ2) is 28.6. The van der Waals surface area contributed by atoms with Gasteiger partial charge in [0.1, 0.15) is 25.7 Å². The molecule has 15 nitrogen and oxygen atoms in total. The number of unbranched alkanes of at least 4 members (excludes halogenated alkanes) is 8. The fraction of sp³-hybridized carbons (Fsp3) is 0.532. The van der Waals surface area contributed by atoms with Crippen LogP contribution in [0.2, 0.25) is 10.0 Å². The van der Waals surface area contributed by atoms with Gasteiger partial charge in [-0.3, -0.25) is 19.1 Å². The van der Waals surface area contributed by atoms with E-state index < -0.39 is 6.61 Å². The molecule has 4 aromatic rings. The van der Waals surface area contributed by atoms with Crippen LogP contribution in [0, 0.1) is 0 Å². The van der Waals surface area contributed by atoms with E-state index in [1.165, 1.54) is 37.0 Å². The minimum Gasteiger partial charge on any atom is -0.387 e. The number of rotatable bonds is 22. The van der Waals surface area contributed by atoms with E-state index in [-0.39, 0.29) is 24.3 Å². The number of likely N-dealkylation sites (N-methyl/N-ethyl adjacent to an activating group) is 3. The number of carbonyl (C=O) groups excluding carboxylic acids is 5. The topological polar surface area (TPSA) is 176 Å². The summed E-state index contributed by atoms with van der Waals surface area (Å²) in [7, 11) is 7.73. The average molecular weight is 957 g/mol. The van der Waals surface area contributed by atoms with Crippen molar-refractivity contribution in [2.24, 2.45) is 0 Å². The van der Waals surface area contributed by atoms with Crippen molar-refractivity contribution in [1.82, 2.24) is 40.1 Å². The van der Waals surface area contributed by atoms with Crippen LogP contribution in [0.4, 0.5) is 5.00 Å². The number of aromatic amines is 1. The number of aromatic nitrogens is 3. The van der Waals surface area contributed by atoms with E-state index in [1.54, 1.807) is 32.1 Å². The predicted octanol–water partition coefficient (Wildman–Crippen LogP) is 6.13. The number of thiophene rings is 1. The minimum absolute atomic E-state index is 0.0161. The maximum Gasteiger partial charge on any atom is 0.248 e. The number of benzene rings is 1. The third kappa shape index (κ3) is 16.5. The summed E-state index contributed by atoms with van der Waals surface area (Å²) in [4.78, 5) is 68.2. The number of fused-ring (bicyclic) bond motifs is 3. The van der Waals surface area contributed by atoms with Crippen molar-refractivity contribution in [2.75, 3.05) is 85.5 Å². The van der Waals surface area contributed by atoms with Crippen molar-refractivity contribution in [3.63, 3.8) is 0 Å². The average Bonchev–Trinajstić information content (AvgIpc) is 4.08. The van der Waals surface area contributed by atoms with Gasteiger partial charge < -0.3 is 49.9 Å². The maximum atomic E-state index is 12.4. The number of hydrogen-bond acceptors (Lipinski definition) is 11. The van der Waals surface area contributed by atoms with Crippen LogP contribution in [0.5, 0.6) is 0 Å². The standard InChI is InChI=1S/C19H21Cl2N5O2.C17H26N4O2S.C11H20O2/c1-22-4-7-26-6-3-15(24-26)11-8-13(20)18(21)19-17(11)12-9-25(16(28)10-27)5-2-14(12)23-19;1-18-9-8-14-6-7-17(24-14)21-12-11-20(13-16(21)23)15(22)5-4-10-19(2)3;12-10-8-6-4-2-1-3-5-7-9-11-13/h3,6,8,22-23,27H,2,4-5,7,9-10H2,1H3;4-7,18H,8-13H2,1-3H3;10-11H,1-9H2/b;5-4+;. The van der Waals surface area contributed by atoms with Crippen LogP contribution >= 0.6 is 34.5 Å². The number of anilines is 1. The van der Waals surface area contributed by atoms with Gasteiger partial charge in [-0.15, -0.1) is 11.3 Å². The quantitative estimate of drug-likeness (QED) is 0.0408. The Labute approximate surface area is 397 Å². The number of aldehydes is 2. The summed E-state index contributed by atoms with van der Waals surface area (Å²) in [5, 5.41) is 23.0. The van der Waals surface area contributed by atoms with Gasteiger partial charge in [-0.05, 0) is 78.3 Å². The van der Waals surface area contributed by atoms with Crippen molar-refractivity contribution in [3.8, 4) is 11.3 Å². The Balaban J connectivity index is 0.000000228. The molecule has 6 rings (SSSR count). The summed E-state index contributed by atoms with van der Waals surface area (Å²) >= 11 is 14.5. The zero-order valence-corrected chi connectivity index (χ0v) is 40.7. The molecule has 1 fully saturated rings. The molecule has 0 atom stereocenters. The number of aliphatic hydroxyl groups excluding tert-OH is 1. The molecule has 1 aromatic carbocycles. The van der Waals surface area contributed by atoms with Crippen LogP contribution in [0.15, 0.2) is 42.6 Å². The number of piperazine rings is 1. The first kappa shape index (κ1) is 53.2. The lowest BCUT2D eigenvalue weighted by atomic mass is 9.99. The minimum atomic E-state index is -0.493. The fourth-order valence-electron chi connectivity index (χ4n) is 7.51. The van der Waals surface area contributed by atoms with E-state index in [9.17, 15) is 29.1 Å². The predicted molar refractivity (Wildman–Crippen MR) is 262 cm³/mol. The number of nitrogens with zero attached hydrogens (tertiary/aromatic N) is 6. The van der Waals surface area contributed by atoms with E-state index in [1.807, 2.05) is 68.2 Å². The molecule has 18 heteroatoms. The van der Waals surface area contributed by atoms with E-state index in [2.05, 4.69) is 26.8 Å². The van der Waals surface area contributed by atoms with Gasteiger partial charge in [-0.1, -0.05) is 61.4 Å². The van der Waals surface area contributed by atoms with E-state index >= 15 is 0 Å². The highest BCUT2D eigenvalue weighted by Gasteiger charge is 2.29. The lowest BCUT2D eigenvalue weighted by Crippen LogP contribution is -2.51. The van der Waals surface area contributed by atoms with Crippen LogP contribution in [-0.4, -0.2) is 145 Å². The van der Waals surface area contributed by atoms with Crippen LogP contribution < -0.4 is 15.5 Å². The second-order valence-electron chi connectivity index (χ2n) is 16.3. The lowest BCUT2D eigenvalue weighted by molar-refractivity contribution is -0.135. The summed E-state index contributed by atoms with van der Waals surface area (Å²) < 4.78 is 1.88. The number of carbonyl (C=O) groups is 5. The number of nitrogens with one attached hydrogen (secondary N) is 3. The molecule has 0 aliphatic carbocycles. The largest absolute Gasteiger partial charge is 0.387 e. The summed E-state index contributed by atoms with van der Waals surface area (Å²) in [5.74, 6) is -0.388. The van der Waals surface area contributed by atoms with Gasteiger partial charge in [0.15, 0.2) is 0 Å². The van der Waals surface area contributed by atoms with Gasteiger partial charge in [-0.2, -0.15) is 5.10 Å². The molecular weight excluding hydrogens is 890 g/mol. The molecule has 3 amide bonds. The summed E-state index contributed by atoms with van der Waals surface area (Å²) in [6.45, 7) is 4.96. The third-order valence-electron chi connectivity index (χ3n) is 11.1. The number of amides is 3. The Morgan fingerprint density at radius 3 is 2.25 bits per heavy atom. The molecule has 0 unspecified atom stereocenters. The highest BCUT2D eigenvalue weighted by molar-refractivity contribution is 7.16. The van der Waals surface area contributed by atoms with E-state index in [0.717, 1.165) is 89.9 Å². The molecule has 0 radical (unpaired) electrons. The molecule has 0 spiro atoms. The first-order valence-electron chi connectivity index (χ1n) is 22.6. The zero-order chi connectivity index (χ0) is 47.1. The lowest BCUT2D eigenvalue weighted by Gasteiger charge is -2.33. The van der Waals surface area contributed by atoms with Crippen molar-refractivity contribution in [3.05, 3.63) is 68.8 Å². The Morgan fingerprint density at radius 1 is 0.923 bits per heavy atom. The van der Waals surface area contributed by atoms with Gasteiger partial charge in [-0.25, -0.2) is 0 Å². The van der Waals surface area contributed by atoms with Crippen LogP contribution in [0.3, 0.4) is 0 Å². The second-order valence-corrected chi connectivity index (χ2v) is 18.2. The number of aliphatic hydroxyl groups is 1. The summed E-state index contributed by atoms with van der Waals surface area (Å²) in [5.41, 5.74) is 4.48. The number of hydrogen-bond donors (Lipinski definition) is 4. The first-order chi connectivity index (χ1) is 31.4. The summed E-state index contributed by atoms with van der Waals surface area (Å²) in [6.07, 6.45) is 18.5. The Bertz CT molecular complexity index is 2160. The summed E-state index contributed by atoms with van der Waals surface area (Å²) in [6, 6.07) is 7.86. The van der Waals surface area contributed by atoms with Crippen molar-refractivity contribution >= 4 is 80.7 Å². The molecule has 3 aromatic heterocycles. The Kier molecular flexibility index (Phi) is 23.4. The molecule has 5 heterocycles. The third-order valence-corrected chi connectivity index (χ3v) is 13.0. The molecule has 4 N–H and O–H groups in total. The highest BCUT2D eigenvalue weighted by Crippen LogP contribution is 2.42. The van der Waals surface area contributed by atoms with Crippen molar-refractivity contribution in [2.45, 2.75) is 83.7 Å². The van der Waals surface area contributed by atoms with Gasteiger partial charge >= 0.3 is 0 Å². The van der Waals surface area contributed by atoms with Gasteiger partial charge in [0.2, 0.25) is 17.7 Å². The van der Waals surface area contributed by atoms with Gasteiger partial charge in [0.05, 0.1) is 32.8 Å². The zero-order valence-electron chi connectivity index (χ0n) is 38.4. The molecule has 0 saturated carbocycles.